The van der Waals surface area contributed by atoms with E-state index >= 15 is 0 Å². The van der Waals surface area contributed by atoms with Crippen molar-refractivity contribution >= 4 is 5.91 Å². The summed E-state index contributed by atoms with van der Waals surface area (Å²) in [5.41, 5.74) is 0.961. The smallest absolute Gasteiger partial charge is 0.349 e. The quantitative estimate of drug-likeness (QED) is 0.790. The van der Waals surface area contributed by atoms with Crippen molar-refractivity contribution in [1.82, 2.24) is 5.32 Å². The van der Waals surface area contributed by atoms with E-state index in [4.69, 9.17) is 0 Å². The van der Waals surface area contributed by atoms with E-state index in [1.807, 2.05) is 13.8 Å². The highest BCUT2D eigenvalue weighted by Gasteiger charge is 2.30. The third-order valence-electron chi connectivity index (χ3n) is 4.02. The summed E-state index contributed by atoms with van der Waals surface area (Å²) < 4.78 is 38.1. The zero-order valence-electron chi connectivity index (χ0n) is 13.7. The number of rotatable bonds is 5. The molecule has 5 heteroatoms. The minimum Gasteiger partial charge on any atom is -0.349 e. The maximum Gasteiger partial charge on any atom is 0.416 e. The van der Waals surface area contributed by atoms with Gasteiger partial charge in [0.1, 0.15) is 0 Å². The zero-order chi connectivity index (χ0) is 17.7. The largest absolute Gasteiger partial charge is 0.416 e. The predicted molar refractivity (Wildman–Crippen MR) is 88.7 cm³/mol. The average Bonchev–Trinajstić information content (AvgIpc) is 2.58. The Morgan fingerprint density at radius 1 is 1.00 bits per heavy atom. The van der Waals surface area contributed by atoms with E-state index in [1.165, 1.54) is 12.1 Å². The van der Waals surface area contributed by atoms with Gasteiger partial charge in [0.15, 0.2) is 0 Å². The van der Waals surface area contributed by atoms with E-state index < -0.39 is 11.7 Å². The molecule has 1 amide bonds. The van der Waals surface area contributed by atoms with Gasteiger partial charge in [-0.05, 0) is 42.2 Å². The number of hydrogen-bond donors (Lipinski definition) is 1. The molecule has 0 aliphatic rings. The van der Waals surface area contributed by atoms with Crippen LogP contribution >= 0.6 is 0 Å². The van der Waals surface area contributed by atoms with E-state index in [2.05, 4.69) is 5.32 Å². The molecule has 0 atom stereocenters. The fourth-order valence-corrected chi connectivity index (χ4v) is 2.53. The van der Waals surface area contributed by atoms with Gasteiger partial charge in [0.2, 0.25) is 0 Å². The van der Waals surface area contributed by atoms with E-state index in [0.29, 0.717) is 16.7 Å². The van der Waals surface area contributed by atoms with Crippen LogP contribution in [0.25, 0.3) is 11.1 Å². The molecule has 0 heterocycles. The van der Waals surface area contributed by atoms with E-state index in [9.17, 15) is 18.0 Å². The number of halogens is 3. The second-order valence-corrected chi connectivity index (χ2v) is 5.61. The molecule has 2 nitrogen and oxygen atoms in total. The van der Waals surface area contributed by atoms with Gasteiger partial charge in [0, 0.05) is 11.6 Å². The minimum atomic E-state index is -4.37. The van der Waals surface area contributed by atoms with Gasteiger partial charge in [-0.2, -0.15) is 13.2 Å². The second-order valence-electron chi connectivity index (χ2n) is 5.61. The summed E-state index contributed by atoms with van der Waals surface area (Å²) >= 11 is 0. The first-order valence-electron chi connectivity index (χ1n) is 7.94. The Balaban J connectivity index is 2.33. The molecule has 24 heavy (non-hydrogen) atoms. The Bertz CT molecular complexity index is 689. The molecule has 0 aromatic heterocycles. The summed E-state index contributed by atoms with van der Waals surface area (Å²) in [6, 6.07) is 11.9. The van der Waals surface area contributed by atoms with Gasteiger partial charge in [-0.15, -0.1) is 0 Å². The van der Waals surface area contributed by atoms with Gasteiger partial charge in [-0.1, -0.05) is 44.2 Å². The van der Waals surface area contributed by atoms with Crippen molar-refractivity contribution in [2.75, 3.05) is 0 Å². The lowest BCUT2D eigenvalue weighted by molar-refractivity contribution is -0.137. The third kappa shape index (κ3) is 4.16. The molecule has 128 valence electrons. The summed E-state index contributed by atoms with van der Waals surface area (Å²) in [6.45, 7) is 3.99. The van der Waals surface area contributed by atoms with Crippen LogP contribution in [0.2, 0.25) is 0 Å². The number of benzene rings is 2. The summed E-state index contributed by atoms with van der Waals surface area (Å²) in [6.07, 6.45) is -2.72. The van der Waals surface area contributed by atoms with Crippen LogP contribution < -0.4 is 5.32 Å². The van der Waals surface area contributed by atoms with Crippen molar-refractivity contribution in [1.29, 1.82) is 0 Å². The van der Waals surface area contributed by atoms with Crippen molar-refractivity contribution in [2.24, 2.45) is 0 Å². The maximum atomic E-state index is 12.7. The number of carbonyl (C=O) groups is 1. The molecule has 0 saturated carbocycles. The second kappa shape index (κ2) is 7.51. The normalized spacial score (nSPS) is 11.6. The molecule has 0 aliphatic carbocycles. The Morgan fingerprint density at radius 2 is 1.58 bits per heavy atom. The first kappa shape index (κ1) is 18.0. The molecule has 0 aliphatic heterocycles. The van der Waals surface area contributed by atoms with Gasteiger partial charge >= 0.3 is 6.18 Å². The summed E-state index contributed by atoms with van der Waals surface area (Å²) in [5.74, 6) is -0.209. The topological polar surface area (TPSA) is 29.1 Å². The summed E-state index contributed by atoms with van der Waals surface area (Å²) in [5, 5.41) is 2.96. The predicted octanol–water partition coefficient (Wildman–Crippen LogP) is 5.29. The van der Waals surface area contributed by atoms with E-state index in [-0.39, 0.29) is 11.9 Å². The number of carbonyl (C=O) groups excluding carboxylic acids is 1. The fourth-order valence-electron chi connectivity index (χ4n) is 2.53. The summed E-state index contributed by atoms with van der Waals surface area (Å²) in [4.78, 5) is 12.5. The molecular formula is C19H20F3NO. The average molecular weight is 335 g/mol. The van der Waals surface area contributed by atoms with Crippen LogP contribution in [0.5, 0.6) is 0 Å². The van der Waals surface area contributed by atoms with Crippen molar-refractivity contribution in [3.63, 3.8) is 0 Å². The Morgan fingerprint density at radius 3 is 2.12 bits per heavy atom. The van der Waals surface area contributed by atoms with Crippen molar-refractivity contribution in [2.45, 2.75) is 38.9 Å². The van der Waals surface area contributed by atoms with Crippen LogP contribution in [0, 0.1) is 0 Å². The minimum absolute atomic E-state index is 0.0816. The van der Waals surface area contributed by atoms with Gasteiger partial charge in [-0.3, -0.25) is 4.79 Å². The van der Waals surface area contributed by atoms with E-state index in [1.54, 1.807) is 24.3 Å². The van der Waals surface area contributed by atoms with Crippen LogP contribution in [0.1, 0.15) is 42.6 Å². The van der Waals surface area contributed by atoms with Crippen LogP contribution in [-0.4, -0.2) is 11.9 Å². The lowest BCUT2D eigenvalue weighted by Gasteiger charge is -2.17. The molecule has 1 N–H and O–H groups in total. The Hall–Kier alpha value is -2.30. The number of alkyl halides is 3. The third-order valence-corrected chi connectivity index (χ3v) is 4.02. The van der Waals surface area contributed by atoms with E-state index in [0.717, 1.165) is 25.0 Å². The standard InChI is InChI=1S/C19H20F3NO/c1-3-15(4-2)23-18(24)17-8-6-5-7-16(17)13-9-11-14(12-10-13)19(20,21)22/h5-12,15H,3-4H2,1-2H3,(H,23,24). The molecule has 0 bridgehead atoms. The monoisotopic (exact) mass is 335 g/mol. The Labute approximate surface area is 139 Å². The highest BCUT2D eigenvalue weighted by Crippen LogP contribution is 2.31. The lowest BCUT2D eigenvalue weighted by Crippen LogP contribution is -2.34. The van der Waals surface area contributed by atoms with Gasteiger partial charge in [0.25, 0.3) is 5.91 Å². The molecule has 0 fully saturated rings. The number of nitrogens with one attached hydrogen (secondary N) is 1. The van der Waals surface area contributed by atoms with Gasteiger partial charge < -0.3 is 5.32 Å². The van der Waals surface area contributed by atoms with Crippen LogP contribution in [0.3, 0.4) is 0 Å². The molecule has 2 aromatic rings. The van der Waals surface area contributed by atoms with Gasteiger partial charge in [0.05, 0.1) is 5.56 Å². The maximum absolute atomic E-state index is 12.7. The first-order chi connectivity index (χ1) is 11.4. The van der Waals surface area contributed by atoms with Gasteiger partial charge in [-0.25, -0.2) is 0 Å². The highest BCUT2D eigenvalue weighted by molar-refractivity contribution is 6.01. The highest BCUT2D eigenvalue weighted by atomic mass is 19.4. The first-order valence-corrected chi connectivity index (χ1v) is 7.94. The van der Waals surface area contributed by atoms with Crippen LogP contribution in [-0.2, 0) is 6.18 Å². The molecule has 0 unspecified atom stereocenters. The molecule has 0 radical (unpaired) electrons. The van der Waals surface area contributed by atoms with Crippen molar-refractivity contribution in [3.05, 3.63) is 59.7 Å². The number of hydrogen-bond acceptors (Lipinski definition) is 1. The summed E-state index contributed by atoms with van der Waals surface area (Å²) in [7, 11) is 0. The van der Waals surface area contributed by atoms with Crippen molar-refractivity contribution < 1.29 is 18.0 Å². The molecular weight excluding hydrogens is 315 g/mol. The molecule has 2 aromatic carbocycles. The molecule has 0 spiro atoms. The lowest BCUT2D eigenvalue weighted by atomic mass is 9.97. The Kier molecular flexibility index (Phi) is 5.65. The molecule has 0 saturated heterocycles. The van der Waals surface area contributed by atoms with Crippen LogP contribution in [0.15, 0.2) is 48.5 Å². The SMILES string of the molecule is CCC(CC)NC(=O)c1ccccc1-c1ccc(C(F)(F)F)cc1. The van der Waals surface area contributed by atoms with Crippen molar-refractivity contribution in [3.8, 4) is 11.1 Å². The fraction of sp³-hybridized carbons (Fsp3) is 0.316. The van der Waals surface area contributed by atoms with Crippen LogP contribution in [0.4, 0.5) is 13.2 Å². The zero-order valence-corrected chi connectivity index (χ0v) is 13.7. The molecule has 2 rings (SSSR count). The number of amides is 1.